The number of amides is 1. The average Bonchev–Trinajstić information content (AvgIpc) is 3.76. The molecule has 7 rings (SSSR count). The average molecular weight is 721 g/mol. The minimum absolute atomic E-state index is 0.123. The molecule has 3 N–H and O–H groups in total. The molecule has 8 nitrogen and oxygen atoms in total. The molecule has 0 aliphatic carbocycles. The molecule has 262 valence electrons. The number of halogens is 2. The van der Waals surface area contributed by atoms with E-state index in [4.69, 9.17) is 33.2 Å². The molecule has 1 aliphatic heterocycles. The molecule has 51 heavy (non-hydrogen) atoms. The highest BCUT2D eigenvalue weighted by Gasteiger charge is 2.29. The Balaban J connectivity index is 1.29. The number of piperidine rings is 1. The van der Waals surface area contributed by atoms with Crippen LogP contribution >= 0.6 is 23.2 Å². The van der Waals surface area contributed by atoms with Crippen LogP contribution in [0.15, 0.2) is 97.5 Å². The Hall–Kier alpha value is -4.63. The van der Waals surface area contributed by atoms with Crippen molar-refractivity contribution in [3.05, 3.63) is 119 Å². The topological polar surface area (TPSA) is 90.9 Å². The summed E-state index contributed by atoms with van der Waals surface area (Å²) in [6.45, 7) is 8.32. The standard InChI is InChI=1S/C41H43Cl2N7O/c1-4-31(5-2)46-32-19-22-49(23-20-32)40-34(12-9-21-44-40)48-41(51)38-36(33-18-17-30(43)24-35(33)47-38)39-37(28-10-7-6-8-11-28)45-25-50(39)26(3)27-13-15-29(42)16-14-27/h6-18,21,24-26,31-32,46-47H,4-5,19-20,22-23H2,1-3H3,(H,48,51). The van der Waals surface area contributed by atoms with Gasteiger partial charge in [0.15, 0.2) is 5.82 Å². The van der Waals surface area contributed by atoms with Crippen molar-refractivity contribution >= 4 is 51.5 Å². The predicted molar refractivity (Wildman–Crippen MR) is 210 cm³/mol. The fraction of sp³-hybridized carbons (Fsp3) is 0.293. The third kappa shape index (κ3) is 7.27. The van der Waals surface area contributed by atoms with Crippen molar-refractivity contribution in [2.45, 2.75) is 64.6 Å². The number of anilines is 2. The molecule has 1 fully saturated rings. The number of hydrogen-bond acceptors (Lipinski definition) is 5. The molecule has 0 bridgehead atoms. The van der Waals surface area contributed by atoms with E-state index in [1.807, 2.05) is 91.3 Å². The van der Waals surface area contributed by atoms with Crippen LogP contribution in [0.25, 0.3) is 33.4 Å². The maximum absolute atomic E-state index is 14.6. The van der Waals surface area contributed by atoms with Crippen molar-refractivity contribution in [1.29, 1.82) is 0 Å². The number of rotatable bonds is 11. The van der Waals surface area contributed by atoms with Crippen molar-refractivity contribution in [1.82, 2.24) is 24.8 Å². The van der Waals surface area contributed by atoms with E-state index >= 15 is 0 Å². The number of aromatic nitrogens is 4. The zero-order valence-electron chi connectivity index (χ0n) is 29.2. The Morgan fingerprint density at radius 2 is 1.65 bits per heavy atom. The number of H-pyrrole nitrogens is 1. The van der Waals surface area contributed by atoms with Crippen LogP contribution in [0.4, 0.5) is 11.5 Å². The van der Waals surface area contributed by atoms with Gasteiger partial charge in [0.05, 0.1) is 29.4 Å². The molecule has 10 heteroatoms. The van der Waals surface area contributed by atoms with Gasteiger partial charge in [-0.1, -0.05) is 85.6 Å². The van der Waals surface area contributed by atoms with Crippen LogP contribution in [-0.2, 0) is 0 Å². The van der Waals surface area contributed by atoms with Crippen molar-refractivity contribution in [2.75, 3.05) is 23.3 Å². The Bertz CT molecular complexity index is 2110. The zero-order chi connectivity index (χ0) is 35.5. The second-order valence-corrected chi connectivity index (χ2v) is 14.2. The summed E-state index contributed by atoms with van der Waals surface area (Å²) in [5.41, 5.74) is 6.18. The fourth-order valence-electron chi connectivity index (χ4n) is 7.24. The van der Waals surface area contributed by atoms with Gasteiger partial charge in [0, 0.05) is 63.4 Å². The molecule has 1 aliphatic rings. The number of carbonyl (C=O) groups is 1. The van der Waals surface area contributed by atoms with E-state index in [1.165, 1.54) is 0 Å². The molecule has 0 radical (unpaired) electrons. The molecule has 0 saturated carbocycles. The predicted octanol–water partition coefficient (Wildman–Crippen LogP) is 10.0. The molecular weight excluding hydrogens is 677 g/mol. The van der Waals surface area contributed by atoms with Gasteiger partial charge in [0.25, 0.3) is 5.91 Å². The van der Waals surface area contributed by atoms with Crippen LogP contribution in [0, 0.1) is 0 Å². The third-order valence-electron chi connectivity index (χ3n) is 10.1. The minimum atomic E-state index is -0.275. The van der Waals surface area contributed by atoms with Crippen LogP contribution < -0.4 is 15.5 Å². The summed E-state index contributed by atoms with van der Waals surface area (Å²) in [6, 6.07) is 28.3. The van der Waals surface area contributed by atoms with Crippen LogP contribution in [0.2, 0.25) is 10.0 Å². The van der Waals surface area contributed by atoms with Crippen LogP contribution in [-0.4, -0.2) is 50.6 Å². The highest BCUT2D eigenvalue weighted by Crippen LogP contribution is 2.42. The van der Waals surface area contributed by atoms with Gasteiger partial charge in [-0.05, 0) is 74.6 Å². The molecule has 1 atom stereocenters. The first-order valence-electron chi connectivity index (χ1n) is 17.8. The number of aromatic amines is 1. The number of imidazole rings is 1. The highest BCUT2D eigenvalue weighted by molar-refractivity contribution is 6.31. The summed E-state index contributed by atoms with van der Waals surface area (Å²) in [5, 5.41) is 9.19. The molecule has 1 amide bonds. The molecular formula is C41H43Cl2N7O. The van der Waals surface area contributed by atoms with E-state index in [1.54, 1.807) is 6.20 Å². The lowest BCUT2D eigenvalue weighted by molar-refractivity contribution is 0.102. The largest absolute Gasteiger partial charge is 0.355 e. The van der Waals surface area contributed by atoms with Gasteiger partial charge in [0.2, 0.25) is 0 Å². The van der Waals surface area contributed by atoms with Crippen LogP contribution in [0.3, 0.4) is 0 Å². The monoisotopic (exact) mass is 719 g/mol. The fourth-order valence-corrected chi connectivity index (χ4v) is 7.54. The molecule has 0 spiro atoms. The molecule has 1 unspecified atom stereocenters. The Morgan fingerprint density at radius 1 is 0.922 bits per heavy atom. The molecule has 6 aromatic rings. The SMILES string of the molecule is CCC(CC)NC1CCN(c2ncccc2NC(=O)c2[nH]c3cc(Cl)ccc3c2-c2c(-c3ccccc3)ncn2C(C)c2ccc(Cl)cc2)CC1. The van der Waals surface area contributed by atoms with Gasteiger partial charge in [-0.15, -0.1) is 0 Å². The highest BCUT2D eigenvalue weighted by atomic mass is 35.5. The van der Waals surface area contributed by atoms with Gasteiger partial charge in [-0.2, -0.15) is 0 Å². The Kier molecular flexibility index (Phi) is 10.5. The normalized spacial score (nSPS) is 14.4. The second kappa shape index (κ2) is 15.3. The van der Waals surface area contributed by atoms with E-state index in [9.17, 15) is 4.79 Å². The van der Waals surface area contributed by atoms with E-state index in [0.29, 0.717) is 33.5 Å². The number of carbonyl (C=O) groups excluding carboxylic acids is 1. The smallest absolute Gasteiger partial charge is 0.272 e. The van der Waals surface area contributed by atoms with Crippen molar-refractivity contribution in [3.8, 4) is 22.5 Å². The van der Waals surface area contributed by atoms with E-state index in [0.717, 1.165) is 83.6 Å². The van der Waals surface area contributed by atoms with Crippen molar-refractivity contribution in [3.63, 3.8) is 0 Å². The first kappa shape index (κ1) is 34.8. The van der Waals surface area contributed by atoms with Gasteiger partial charge < -0.3 is 25.1 Å². The number of nitrogens with zero attached hydrogens (tertiary/aromatic N) is 4. The first-order chi connectivity index (χ1) is 24.8. The van der Waals surface area contributed by atoms with E-state index < -0.39 is 0 Å². The number of fused-ring (bicyclic) bond motifs is 1. The summed E-state index contributed by atoms with van der Waals surface area (Å²) in [5.74, 6) is 0.502. The second-order valence-electron chi connectivity index (χ2n) is 13.3. The maximum atomic E-state index is 14.6. The quantitative estimate of drug-likeness (QED) is 0.124. The minimum Gasteiger partial charge on any atom is -0.355 e. The van der Waals surface area contributed by atoms with Gasteiger partial charge in [-0.3, -0.25) is 4.79 Å². The van der Waals surface area contributed by atoms with Crippen LogP contribution in [0.5, 0.6) is 0 Å². The van der Waals surface area contributed by atoms with Gasteiger partial charge in [-0.25, -0.2) is 9.97 Å². The van der Waals surface area contributed by atoms with Crippen molar-refractivity contribution in [2.24, 2.45) is 0 Å². The summed E-state index contributed by atoms with van der Waals surface area (Å²) < 4.78 is 2.13. The Labute approximate surface area is 309 Å². The lowest BCUT2D eigenvalue weighted by atomic mass is 9.99. The number of nitrogens with one attached hydrogen (secondary N) is 3. The molecule has 4 heterocycles. The van der Waals surface area contributed by atoms with E-state index in [2.05, 4.69) is 45.9 Å². The van der Waals surface area contributed by atoms with Crippen molar-refractivity contribution < 1.29 is 4.79 Å². The lowest BCUT2D eigenvalue weighted by Gasteiger charge is -2.35. The lowest BCUT2D eigenvalue weighted by Crippen LogP contribution is -2.46. The molecule has 3 aromatic heterocycles. The summed E-state index contributed by atoms with van der Waals surface area (Å²) in [7, 11) is 0. The van der Waals surface area contributed by atoms with Gasteiger partial charge >= 0.3 is 0 Å². The molecule has 3 aromatic carbocycles. The van der Waals surface area contributed by atoms with E-state index in [-0.39, 0.29) is 11.9 Å². The zero-order valence-corrected chi connectivity index (χ0v) is 30.7. The maximum Gasteiger partial charge on any atom is 0.272 e. The van der Waals surface area contributed by atoms with Crippen LogP contribution in [0.1, 0.15) is 68.5 Å². The number of hydrogen-bond donors (Lipinski definition) is 3. The summed E-state index contributed by atoms with van der Waals surface area (Å²) in [6.07, 6.45) is 7.94. The third-order valence-corrected chi connectivity index (χ3v) is 10.6. The number of benzene rings is 3. The van der Waals surface area contributed by atoms with Gasteiger partial charge in [0.1, 0.15) is 5.69 Å². The summed E-state index contributed by atoms with van der Waals surface area (Å²) in [4.78, 5) is 30.1. The first-order valence-corrected chi connectivity index (χ1v) is 18.6. The number of pyridine rings is 1. The molecule has 1 saturated heterocycles. The Morgan fingerprint density at radius 3 is 2.37 bits per heavy atom. The summed E-state index contributed by atoms with van der Waals surface area (Å²) >= 11 is 12.8.